The van der Waals surface area contributed by atoms with E-state index < -0.39 is 0 Å². The van der Waals surface area contributed by atoms with Gasteiger partial charge in [-0.2, -0.15) is 0 Å². The van der Waals surface area contributed by atoms with Gasteiger partial charge in [0, 0.05) is 25.0 Å². The maximum absolute atomic E-state index is 12.1. The molecule has 25 heavy (non-hydrogen) atoms. The summed E-state index contributed by atoms with van der Waals surface area (Å²) < 4.78 is 11.3. The molecule has 0 aliphatic carbocycles. The van der Waals surface area contributed by atoms with Crippen LogP contribution < -0.4 is 14.8 Å². The van der Waals surface area contributed by atoms with E-state index in [-0.39, 0.29) is 5.91 Å². The summed E-state index contributed by atoms with van der Waals surface area (Å²) in [5.74, 6) is 2.16. The minimum absolute atomic E-state index is 0.0735. The van der Waals surface area contributed by atoms with Gasteiger partial charge in [0.1, 0.15) is 11.5 Å². The number of benzene rings is 2. The Balaban J connectivity index is 1.29. The molecule has 0 saturated heterocycles. The van der Waals surface area contributed by atoms with Crippen LogP contribution in [0.15, 0.2) is 48.5 Å². The number of hydrogen-bond donors (Lipinski definition) is 1. The van der Waals surface area contributed by atoms with Gasteiger partial charge in [0.2, 0.25) is 5.91 Å². The summed E-state index contributed by atoms with van der Waals surface area (Å²) in [7, 11) is 0. The van der Waals surface area contributed by atoms with Crippen LogP contribution in [0, 0.1) is 5.92 Å². The molecule has 0 radical (unpaired) electrons. The van der Waals surface area contributed by atoms with Crippen LogP contribution >= 0.6 is 0 Å². The third-order valence-corrected chi connectivity index (χ3v) is 4.66. The van der Waals surface area contributed by atoms with E-state index >= 15 is 0 Å². The molecule has 1 unspecified atom stereocenters. The average molecular weight is 335 g/mol. The molecule has 0 bridgehead atoms. The fraction of sp³-hybridized carbons (Fsp3) is 0.286. The van der Waals surface area contributed by atoms with Crippen LogP contribution in [0.3, 0.4) is 0 Å². The normalized spacial score (nSPS) is 18.2. The third kappa shape index (κ3) is 3.68. The molecule has 0 spiro atoms. The highest BCUT2D eigenvalue weighted by Crippen LogP contribution is 2.27. The monoisotopic (exact) mass is 335 g/mol. The molecule has 0 aromatic heterocycles. The van der Waals surface area contributed by atoms with Gasteiger partial charge in [0.25, 0.3) is 0 Å². The molecule has 1 amide bonds. The minimum Gasteiger partial charge on any atom is -0.493 e. The summed E-state index contributed by atoms with van der Waals surface area (Å²) in [4.78, 5) is 12.1. The smallest absolute Gasteiger partial charge is 0.244 e. The molecule has 4 nitrogen and oxygen atoms in total. The Morgan fingerprint density at radius 2 is 2.00 bits per heavy atom. The summed E-state index contributed by atoms with van der Waals surface area (Å²) in [6.07, 6.45) is 5.31. The van der Waals surface area contributed by atoms with Crippen molar-refractivity contribution in [1.82, 2.24) is 5.32 Å². The largest absolute Gasteiger partial charge is 0.493 e. The molecule has 0 saturated carbocycles. The third-order valence-electron chi connectivity index (χ3n) is 4.66. The number of fused-ring (bicyclic) bond motifs is 2. The Kier molecular flexibility index (Phi) is 4.42. The van der Waals surface area contributed by atoms with Gasteiger partial charge in [0.15, 0.2) is 0 Å². The molecule has 4 rings (SSSR count). The molecule has 128 valence electrons. The molecule has 2 heterocycles. The molecular formula is C21H21NO3. The predicted octanol–water partition coefficient (Wildman–Crippen LogP) is 3.00. The molecule has 2 aromatic carbocycles. The van der Waals surface area contributed by atoms with Crippen LogP contribution in [0.1, 0.15) is 16.7 Å². The van der Waals surface area contributed by atoms with Crippen LogP contribution in [0.5, 0.6) is 11.5 Å². The number of rotatable bonds is 4. The van der Waals surface area contributed by atoms with E-state index in [1.54, 1.807) is 6.08 Å². The second kappa shape index (κ2) is 7.01. The molecule has 1 atom stereocenters. The molecule has 2 aliphatic rings. The van der Waals surface area contributed by atoms with Crippen molar-refractivity contribution in [2.75, 3.05) is 19.8 Å². The highest BCUT2D eigenvalue weighted by atomic mass is 16.5. The second-order valence-electron chi connectivity index (χ2n) is 6.53. The molecule has 2 aliphatic heterocycles. The van der Waals surface area contributed by atoms with E-state index in [1.165, 1.54) is 11.1 Å². The van der Waals surface area contributed by atoms with Gasteiger partial charge in [-0.25, -0.2) is 0 Å². The summed E-state index contributed by atoms with van der Waals surface area (Å²) >= 11 is 0. The van der Waals surface area contributed by atoms with E-state index in [4.69, 9.17) is 9.47 Å². The van der Waals surface area contributed by atoms with Crippen molar-refractivity contribution in [3.8, 4) is 11.5 Å². The quantitative estimate of drug-likeness (QED) is 0.874. The number of carbonyl (C=O) groups excluding carboxylic acids is 1. The molecule has 2 aromatic rings. The van der Waals surface area contributed by atoms with Gasteiger partial charge >= 0.3 is 0 Å². The van der Waals surface area contributed by atoms with Crippen LogP contribution in [0.4, 0.5) is 0 Å². The molecule has 4 heteroatoms. The minimum atomic E-state index is -0.0735. The van der Waals surface area contributed by atoms with E-state index in [0.717, 1.165) is 36.5 Å². The van der Waals surface area contributed by atoms with Crippen LogP contribution in [-0.4, -0.2) is 25.7 Å². The van der Waals surface area contributed by atoms with Crippen molar-refractivity contribution in [1.29, 1.82) is 0 Å². The lowest BCUT2D eigenvalue weighted by Gasteiger charge is -2.25. The highest BCUT2D eigenvalue weighted by Gasteiger charge is 2.19. The Labute approximate surface area is 147 Å². The first-order chi connectivity index (χ1) is 12.3. The topological polar surface area (TPSA) is 47.6 Å². The van der Waals surface area contributed by atoms with E-state index in [9.17, 15) is 4.79 Å². The summed E-state index contributed by atoms with van der Waals surface area (Å²) in [6, 6.07) is 14.1. The zero-order chi connectivity index (χ0) is 17.1. The Morgan fingerprint density at radius 3 is 2.96 bits per heavy atom. The molecule has 1 N–H and O–H groups in total. The lowest BCUT2D eigenvalue weighted by atomic mass is 9.97. The fourth-order valence-electron chi connectivity index (χ4n) is 3.31. The molecular weight excluding hydrogens is 314 g/mol. The van der Waals surface area contributed by atoms with Crippen LogP contribution in [0.25, 0.3) is 6.08 Å². The summed E-state index contributed by atoms with van der Waals surface area (Å²) in [6.45, 7) is 2.01. The summed E-state index contributed by atoms with van der Waals surface area (Å²) in [5.41, 5.74) is 3.44. The zero-order valence-electron chi connectivity index (χ0n) is 14.0. The lowest BCUT2D eigenvalue weighted by Crippen LogP contribution is -2.33. The Morgan fingerprint density at radius 1 is 1.12 bits per heavy atom. The van der Waals surface area contributed by atoms with Gasteiger partial charge in [-0.3, -0.25) is 4.79 Å². The SMILES string of the molecule is O=C(/C=C/c1ccc2c(c1)CCO2)NCC1COc2ccccc2C1. The molecule has 0 fully saturated rings. The number of nitrogens with one attached hydrogen (secondary N) is 1. The number of para-hydroxylation sites is 1. The number of amides is 1. The maximum atomic E-state index is 12.1. The van der Waals surface area contributed by atoms with Crippen molar-refractivity contribution in [2.24, 2.45) is 5.92 Å². The highest BCUT2D eigenvalue weighted by molar-refractivity contribution is 5.91. The van der Waals surface area contributed by atoms with Crippen molar-refractivity contribution >= 4 is 12.0 Å². The van der Waals surface area contributed by atoms with Crippen LogP contribution in [0.2, 0.25) is 0 Å². The first-order valence-corrected chi connectivity index (χ1v) is 8.70. The first kappa shape index (κ1) is 15.8. The standard InChI is InChI=1S/C21H21NO3/c23-21(8-6-15-5-7-20-18(11-15)9-10-24-20)22-13-16-12-17-3-1-2-4-19(17)25-14-16/h1-8,11,16H,9-10,12-14H2,(H,22,23)/b8-6+. The van der Waals surface area contributed by atoms with Crippen molar-refractivity contribution in [2.45, 2.75) is 12.8 Å². The van der Waals surface area contributed by atoms with Gasteiger partial charge in [-0.05, 0) is 47.4 Å². The van der Waals surface area contributed by atoms with Gasteiger partial charge in [-0.1, -0.05) is 24.3 Å². The van der Waals surface area contributed by atoms with E-state index in [2.05, 4.69) is 17.4 Å². The number of carbonyl (C=O) groups is 1. The number of hydrogen-bond acceptors (Lipinski definition) is 3. The number of ether oxygens (including phenoxy) is 2. The second-order valence-corrected chi connectivity index (χ2v) is 6.53. The van der Waals surface area contributed by atoms with Crippen molar-refractivity contribution in [3.05, 3.63) is 65.2 Å². The van der Waals surface area contributed by atoms with E-state index in [0.29, 0.717) is 19.1 Å². The maximum Gasteiger partial charge on any atom is 0.244 e. The first-order valence-electron chi connectivity index (χ1n) is 8.70. The van der Waals surface area contributed by atoms with E-state index in [1.807, 2.05) is 36.4 Å². The van der Waals surface area contributed by atoms with Gasteiger partial charge < -0.3 is 14.8 Å². The predicted molar refractivity (Wildman–Crippen MR) is 96.8 cm³/mol. The zero-order valence-corrected chi connectivity index (χ0v) is 14.0. The summed E-state index contributed by atoms with van der Waals surface area (Å²) in [5, 5.41) is 2.98. The van der Waals surface area contributed by atoms with Gasteiger partial charge in [0.05, 0.1) is 13.2 Å². The lowest BCUT2D eigenvalue weighted by molar-refractivity contribution is -0.116. The van der Waals surface area contributed by atoms with Crippen molar-refractivity contribution in [3.63, 3.8) is 0 Å². The van der Waals surface area contributed by atoms with Crippen LogP contribution in [-0.2, 0) is 17.6 Å². The fourth-order valence-corrected chi connectivity index (χ4v) is 3.31. The average Bonchev–Trinajstić information content (AvgIpc) is 3.12. The van der Waals surface area contributed by atoms with Crippen molar-refractivity contribution < 1.29 is 14.3 Å². The Bertz CT molecular complexity index is 813. The Hall–Kier alpha value is -2.75. The van der Waals surface area contributed by atoms with Gasteiger partial charge in [-0.15, -0.1) is 0 Å².